The fourth-order valence-electron chi connectivity index (χ4n) is 2.52. The highest BCUT2D eigenvalue weighted by Gasteiger charge is 2.25. The molecular formula is C17H19F2NO4. The number of esters is 1. The maximum atomic E-state index is 12.5. The molecule has 0 spiro atoms. The van der Waals surface area contributed by atoms with Crippen LogP contribution in [0.4, 0.5) is 8.78 Å². The second-order valence-corrected chi connectivity index (χ2v) is 5.87. The number of carbonyl (C=O) groups excluding carboxylic acids is 1. The van der Waals surface area contributed by atoms with E-state index in [2.05, 4.69) is 10.1 Å². The highest BCUT2D eigenvalue weighted by molar-refractivity contribution is 5.84. The van der Waals surface area contributed by atoms with Crippen LogP contribution in [-0.2, 0) is 9.53 Å². The van der Waals surface area contributed by atoms with Crippen molar-refractivity contribution in [2.75, 3.05) is 20.3 Å². The quantitative estimate of drug-likeness (QED) is 0.774. The standard InChI is InChI=1S/C17H19F2NO4/c1-22-16(21)13-6-12(8-20-13)11-4-5-14(24-17(18)19)15(7-11)23-9-10-2-3-10/h4-7,10,13,17,20H,2-3,8-9H2,1H3. The lowest BCUT2D eigenvalue weighted by atomic mass is 10.1. The first-order valence-corrected chi connectivity index (χ1v) is 7.80. The van der Waals surface area contributed by atoms with Gasteiger partial charge in [0.25, 0.3) is 0 Å². The SMILES string of the molecule is COC(=O)C1C=C(c2ccc(OC(F)F)c(OCC3CC3)c2)CN1. The molecule has 1 aromatic carbocycles. The van der Waals surface area contributed by atoms with Crippen LogP contribution in [0.1, 0.15) is 18.4 Å². The first kappa shape index (κ1) is 16.7. The van der Waals surface area contributed by atoms with Crippen molar-refractivity contribution in [1.82, 2.24) is 5.32 Å². The Kier molecular flexibility index (Phi) is 4.99. The summed E-state index contributed by atoms with van der Waals surface area (Å²) in [6.45, 7) is -1.93. The van der Waals surface area contributed by atoms with E-state index in [1.165, 1.54) is 13.2 Å². The highest BCUT2D eigenvalue weighted by Crippen LogP contribution is 2.35. The number of hydrogen-bond acceptors (Lipinski definition) is 5. The van der Waals surface area contributed by atoms with Gasteiger partial charge in [0.05, 0.1) is 13.7 Å². The summed E-state index contributed by atoms with van der Waals surface area (Å²) in [4.78, 5) is 11.6. The van der Waals surface area contributed by atoms with Crippen molar-refractivity contribution < 1.29 is 27.8 Å². The van der Waals surface area contributed by atoms with E-state index in [0.717, 1.165) is 24.0 Å². The molecule has 1 heterocycles. The van der Waals surface area contributed by atoms with Crippen LogP contribution >= 0.6 is 0 Å². The van der Waals surface area contributed by atoms with Crippen LogP contribution in [0, 0.1) is 5.92 Å². The molecule has 2 aliphatic rings. The minimum absolute atomic E-state index is 0.0190. The summed E-state index contributed by atoms with van der Waals surface area (Å²) in [6, 6.07) is 4.32. The maximum absolute atomic E-state index is 12.5. The van der Waals surface area contributed by atoms with Gasteiger partial charge in [-0.05, 0) is 42.0 Å². The second kappa shape index (κ2) is 7.17. The minimum atomic E-state index is -2.91. The molecule has 1 atom stereocenters. The number of methoxy groups -OCH3 is 1. The fraction of sp³-hybridized carbons (Fsp3) is 0.471. The lowest BCUT2D eigenvalue weighted by molar-refractivity contribution is -0.141. The number of ether oxygens (including phenoxy) is 3. The topological polar surface area (TPSA) is 56.8 Å². The number of carbonyl (C=O) groups is 1. The summed E-state index contributed by atoms with van der Waals surface area (Å²) in [5.74, 6) is 0.435. The zero-order valence-electron chi connectivity index (χ0n) is 13.3. The molecule has 1 saturated carbocycles. The summed E-state index contributed by atoms with van der Waals surface area (Å²) in [7, 11) is 1.33. The number of hydrogen-bond donors (Lipinski definition) is 1. The predicted molar refractivity (Wildman–Crippen MR) is 83.1 cm³/mol. The van der Waals surface area contributed by atoms with Gasteiger partial charge >= 0.3 is 12.6 Å². The molecule has 0 aromatic heterocycles. The Bertz CT molecular complexity index is 643. The van der Waals surface area contributed by atoms with E-state index >= 15 is 0 Å². The summed E-state index contributed by atoms with van der Waals surface area (Å²) in [5, 5.41) is 3.02. The van der Waals surface area contributed by atoms with Crippen molar-refractivity contribution in [2.24, 2.45) is 5.92 Å². The van der Waals surface area contributed by atoms with E-state index in [1.54, 1.807) is 18.2 Å². The number of halogens is 2. The molecule has 7 heteroatoms. The van der Waals surface area contributed by atoms with Crippen molar-refractivity contribution in [1.29, 1.82) is 0 Å². The monoisotopic (exact) mass is 339 g/mol. The average Bonchev–Trinajstić information content (AvgIpc) is 3.27. The smallest absolute Gasteiger partial charge is 0.387 e. The summed E-state index contributed by atoms with van der Waals surface area (Å²) in [5.41, 5.74) is 1.67. The Balaban J connectivity index is 1.80. The highest BCUT2D eigenvalue weighted by atomic mass is 19.3. The first-order chi connectivity index (χ1) is 11.6. The zero-order chi connectivity index (χ0) is 17.1. The van der Waals surface area contributed by atoms with Gasteiger partial charge in [-0.25, -0.2) is 0 Å². The Morgan fingerprint density at radius 2 is 2.12 bits per heavy atom. The van der Waals surface area contributed by atoms with Crippen LogP contribution in [0.2, 0.25) is 0 Å². The van der Waals surface area contributed by atoms with E-state index in [4.69, 9.17) is 9.47 Å². The summed E-state index contributed by atoms with van der Waals surface area (Å²) < 4.78 is 40.0. The van der Waals surface area contributed by atoms with Gasteiger partial charge in [0.1, 0.15) is 6.04 Å². The molecule has 0 radical (unpaired) electrons. The molecule has 130 valence electrons. The average molecular weight is 339 g/mol. The summed E-state index contributed by atoms with van der Waals surface area (Å²) >= 11 is 0. The molecule has 0 bridgehead atoms. The van der Waals surface area contributed by atoms with Gasteiger partial charge in [0.15, 0.2) is 11.5 Å². The predicted octanol–water partition coefficient (Wildman–Crippen LogP) is 2.61. The van der Waals surface area contributed by atoms with Crippen molar-refractivity contribution in [2.45, 2.75) is 25.5 Å². The molecule has 1 fully saturated rings. The molecule has 1 unspecified atom stereocenters. The molecular weight excluding hydrogens is 320 g/mol. The second-order valence-electron chi connectivity index (χ2n) is 5.87. The minimum Gasteiger partial charge on any atom is -0.489 e. The van der Waals surface area contributed by atoms with Gasteiger partial charge in [0.2, 0.25) is 0 Å². The number of benzene rings is 1. The third-order valence-electron chi connectivity index (χ3n) is 4.04. The van der Waals surface area contributed by atoms with Gasteiger partial charge in [-0.3, -0.25) is 10.1 Å². The molecule has 1 N–H and O–H groups in total. The van der Waals surface area contributed by atoms with E-state index in [-0.39, 0.29) is 11.7 Å². The molecule has 1 aliphatic carbocycles. The van der Waals surface area contributed by atoms with Crippen LogP contribution in [0.3, 0.4) is 0 Å². The van der Waals surface area contributed by atoms with E-state index in [1.807, 2.05) is 0 Å². The number of rotatable bonds is 7. The zero-order valence-corrected chi connectivity index (χ0v) is 13.3. The van der Waals surface area contributed by atoms with Gasteiger partial charge in [-0.2, -0.15) is 8.78 Å². The number of alkyl halides is 2. The largest absolute Gasteiger partial charge is 0.489 e. The van der Waals surface area contributed by atoms with Crippen molar-refractivity contribution >= 4 is 11.5 Å². The van der Waals surface area contributed by atoms with Crippen LogP contribution in [-0.4, -0.2) is 38.9 Å². The Labute approximate surface area is 138 Å². The van der Waals surface area contributed by atoms with Gasteiger partial charge in [0, 0.05) is 6.54 Å². The van der Waals surface area contributed by atoms with Gasteiger partial charge in [-0.15, -0.1) is 0 Å². The van der Waals surface area contributed by atoms with Gasteiger partial charge < -0.3 is 14.2 Å². The normalized spacial score (nSPS) is 20.0. The summed E-state index contributed by atoms with van der Waals surface area (Å²) in [6.07, 6.45) is 3.96. The molecule has 5 nitrogen and oxygen atoms in total. The fourth-order valence-corrected chi connectivity index (χ4v) is 2.52. The molecule has 1 aromatic rings. The lowest BCUT2D eigenvalue weighted by Crippen LogP contribution is -2.31. The van der Waals surface area contributed by atoms with Crippen LogP contribution in [0.25, 0.3) is 5.57 Å². The third-order valence-corrected chi connectivity index (χ3v) is 4.04. The van der Waals surface area contributed by atoms with Crippen molar-refractivity contribution in [3.05, 3.63) is 29.8 Å². The van der Waals surface area contributed by atoms with Crippen LogP contribution in [0.15, 0.2) is 24.3 Å². The van der Waals surface area contributed by atoms with Crippen molar-refractivity contribution in [3.63, 3.8) is 0 Å². The van der Waals surface area contributed by atoms with Crippen molar-refractivity contribution in [3.8, 4) is 11.5 Å². The third kappa shape index (κ3) is 4.03. The molecule has 0 amide bonds. The van der Waals surface area contributed by atoms with Crippen LogP contribution in [0.5, 0.6) is 11.5 Å². The Hall–Kier alpha value is -2.15. The Morgan fingerprint density at radius 1 is 1.33 bits per heavy atom. The van der Waals surface area contributed by atoms with E-state index in [0.29, 0.717) is 24.8 Å². The molecule has 1 aliphatic heterocycles. The van der Waals surface area contributed by atoms with E-state index in [9.17, 15) is 13.6 Å². The first-order valence-electron chi connectivity index (χ1n) is 7.80. The lowest BCUT2D eigenvalue weighted by Gasteiger charge is -2.14. The van der Waals surface area contributed by atoms with Gasteiger partial charge in [-0.1, -0.05) is 12.1 Å². The number of nitrogens with one attached hydrogen (secondary N) is 1. The molecule has 3 rings (SSSR count). The molecule has 0 saturated heterocycles. The van der Waals surface area contributed by atoms with Crippen LogP contribution < -0.4 is 14.8 Å². The molecule has 24 heavy (non-hydrogen) atoms. The maximum Gasteiger partial charge on any atom is 0.387 e. The Morgan fingerprint density at radius 3 is 2.79 bits per heavy atom. The van der Waals surface area contributed by atoms with E-state index < -0.39 is 12.7 Å².